The van der Waals surface area contributed by atoms with Crippen LogP contribution in [0.15, 0.2) is 51.4 Å². The summed E-state index contributed by atoms with van der Waals surface area (Å²) in [6, 6.07) is 14.7. The second-order valence-corrected chi connectivity index (χ2v) is 6.91. The van der Waals surface area contributed by atoms with Gasteiger partial charge in [-0.1, -0.05) is 44.0 Å². The summed E-state index contributed by atoms with van der Waals surface area (Å²) in [6.07, 6.45) is 0. The lowest BCUT2D eigenvalue weighted by Crippen LogP contribution is -2.06. The molecule has 3 rings (SSSR count). The average Bonchev–Trinajstić information content (AvgIpc) is 2.73. The number of hydrogen-bond acceptors (Lipinski definition) is 1. The maximum Gasteiger partial charge on any atom is 0.178 e. The van der Waals surface area contributed by atoms with Crippen LogP contribution in [0.3, 0.4) is 0 Å². The minimum atomic E-state index is 0.186. The first-order valence-electron chi connectivity index (χ1n) is 6.21. The maximum absolute atomic E-state index is 5.48. The van der Waals surface area contributed by atoms with E-state index in [0.29, 0.717) is 0 Å². The number of hydrogen-bond donors (Lipinski definition) is 1. The molecule has 0 fully saturated rings. The molecule has 0 aliphatic carbocycles. The third-order valence-corrected chi connectivity index (χ3v) is 4.74. The Balaban J connectivity index is 2.16. The van der Waals surface area contributed by atoms with E-state index in [2.05, 4.69) is 84.7 Å². The fraction of sp³-hybridized carbons (Fsp3) is 0.133. The van der Waals surface area contributed by atoms with Crippen molar-refractivity contribution >= 4 is 55.1 Å². The number of aromatic nitrogens is 2. The topological polar surface area (TPSA) is 20.7 Å². The third kappa shape index (κ3) is 2.50. The zero-order chi connectivity index (χ0) is 14.3. The Kier molecular flexibility index (Phi) is 3.84. The van der Waals surface area contributed by atoms with Crippen LogP contribution in [0.25, 0.3) is 11.0 Å². The molecule has 102 valence electrons. The molecule has 0 aliphatic rings. The molecular weight excluding hydrogens is 400 g/mol. The summed E-state index contributed by atoms with van der Waals surface area (Å²) in [5.74, 6) is 0. The molecule has 5 heteroatoms. The summed E-state index contributed by atoms with van der Waals surface area (Å²) >= 11 is 12.4. The molecule has 0 spiro atoms. The van der Waals surface area contributed by atoms with Gasteiger partial charge in [0.1, 0.15) is 0 Å². The summed E-state index contributed by atoms with van der Waals surface area (Å²) in [7, 11) is 0. The van der Waals surface area contributed by atoms with Gasteiger partial charge in [0.05, 0.1) is 17.1 Å². The van der Waals surface area contributed by atoms with Gasteiger partial charge in [-0.2, -0.15) is 0 Å². The molecule has 1 atom stereocenters. The Morgan fingerprint density at radius 1 is 1.05 bits per heavy atom. The largest absolute Gasteiger partial charge is 0.331 e. The van der Waals surface area contributed by atoms with Crippen molar-refractivity contribution in [3.63, 3.8) is 0 Å². The van der Waals surface area contributed by atoms with Crippen LogP contribution in [0, 0.1) is 4.77 Å². The van der Waals surface area contributed by atoms with Gasteiger partial charge < -0.3 is 9.55 Å². The van der Waals surface area contributed by atoms with Gasteiger partial charge in [-0.15, -0.1) is 0 Å². The summed E-state index contributed by atoms with van der Waals surface area (Å²) < 4.78 is 5.03. The van der Waals surface area contributed by atoms with E-state index in [1.165, 1.54) is 5.56 Å². The van der Waals surface area contributed by atoms with Crippen molar-refractivity contribution < 1.29 is 0 Å². The highest BCUT2D eigenvalue weighted by Crippen LogP contribution is 2.27. The van der Waals surface area contributed by atoms with E-state index in [1.807, 2.05) is 6.07 Å². The average molecular weight is 412 g/mol. The Morgan fingerprint density at radius 2 is 1.70 bits per heavy atom. The third-order valence-electron chi connectivity index (χ3n) is 3.42. The smallest absolute Gasteiger partial charge is 0.178 e. The minimum absolute atomic E-state index is 0.186. The van der Waals surface area contributed by atoms with Gasteiger partial charge in [-0.25, -0.2) is 0 Å². The van der Waals surface area contributed by atoms with Gasteiger partial charge in [0.2, 0.25) is 0 Å². The number of aromatic amines is 1. The lowest BCUT2D eigenvalue weighted by Gasteiger charge is -2.15. The van der Waals surface area contributed by atoms with Crippen molar-refractivity contribution in [1.82, 2.24) is 9.55 Å². The van der Waals surface area contributed by atoms with E-state index >= 15 is 0 Å². The SMILES string of the molecule is CC(c1ccc(Br)cc1)n1c(=S)[nH]c2cc(Br)ccc21. The second kappa shape index (κ2) is 5.47. The molecule has 20 heavy (non-hydrogen) atoms. The summed E-state index contributed by atoms with van der Waals surface area (Å²) in [5.41, 5.74) is 3.40. The van der Waals surface area contributed by atoms with Gasteiger partial charge in [0, 0.05) is 8.95 Å². The number of rotatable bonds is 2. The molecule has 2 nitrogen and oxygen atoms in total. The number of nitrogens with zero attached hydrogens (tertiary/aromatic N) is 1. The van der Waals surface area contributed by atoms with E-state index in [1.54, 1.807) is 0 Å². The Hall–Kier alpha value is -0.910. The number of H-pyrrole nitrogens is 1. The van der Waals surface area contributed by atoms with Crippen LogP contribution in [-0.4, -0.2) is 9.55 Å². The zero-order valence-electron chi connectivity index (χ0n) is 10.7. The van der Waals surface area contributed by atoms with Crippen LogP contribution in [0.4, 0.5) is 0 Å². The molecule has 1 N–H and O–H groups in total. The summed E-state index contributed by atoms with van der Waals surface area (Å²) in [4.78, 5) is 3.27. The van der Waals surface area contributed by atoms with Crippen molar-refractivity contribution in [2.45, 2.75) is 13.0 Å². The van der Waals surface area contributed by atoms with Gasteiger partial charge in [0.15, 0.2) is 4.77 Å². The lowest BCUT2D eigenvalue weighted by molar-refractivity contribution is 0.649. The first-order chi connectivity index (χ1) is 9.56. The molecule has 1 aromatic heterocycles. The van der Waals surface area contributed by atoms with E-state index in [4.69, 9.17) is 12.2 Å². The standard InChI is InChI=1S/C15H12Br2N2S/c1-9(10-2-4-11(16)5-3-10)19-14-7-6-12(17)8-13(14)18-15(19)20/h2-9H,1H3,(H,18,20). The summed E-state index contributed by atoms with van der Waals surface area (Å²) in [6.45, 7) is 2.16. The quantitative estimate of drug-likeness (QED) is 0.525. The van der Waals surface area contributed by atoms with Crippen molar-refractivity contribution in [3.8, 4) is 0 Å². The van der Waals surface area contributed by atoms with Gasteiger partial charge in [-0.3, -0.25) is 0 Å². The molecule has 0 saturated heterocycles. The normalized spacial score (nSPS) is 12.8. The Bertz CT molecular complexity index is 818. The van der Waals surface area contributed by atoms with E-state index < -0.39 is 0 Å². The second-order valence-electron chi connectivity index (χ2n) is 4.69. The number of fused-ring (bicyclic) bond motifs is 1. The molecule has 1 unspecified atom stereocenters. The highest BCUT2D eigenvalue weighted by atomic mass is 79.9. The Morgan fingerprint density at radius 3 is 2.40 bits per heavy atom. The minimum Gasteiger partial charge on any atom is -0.331 e. The van der Waals surface area contributed by atoms with Crippen molar-refractivity contribution in [1.29, 1.82) is 0 Å². The number of halogens is 2. The number of imidazole rings is 1. The highest BCUT2D eigenvalue weighted by molar-refractivity contribution is 9.10. The first-order valence-corrected chi connectivity index (χ1v) is 8.21. The Labute approximate surface area is 139 Å². The van der Waals surface area contributed by atoms with Gasteiger partial charge in [-0.05, 0) is 55.0 Å². The molecule has 0 radical (unpaired) electrons. The van der Waals surface area contributed by atoms with Crippen LogP contribution in [-0.2, 0) is 0 Å². The van der Waals surface area contributed by atoms with Crippen LogP contribution in [0.2, 0.25) is 0 Å². The molecule has 0 aliphatic heterocycles. The molecule has 1 heterocycles. The highest BCUT2D eigenvalue weighted by Gasteiger charge is 2.13. The number of benzene rings is 2. The van der Waals surface area contributed by atoms with Crippen molar-refractivity contribution in [2.75, 3.05) is 0 Å². The van der Waals surface area contributed by atoms with E-state index in [0.717, 1.165) is 24.7 Å². The fourth-order valence-corrected chi connectivity index (χ4v) is 3.37. The van der Waals surface area contributed by atoms with Crippen LogP contribution < -0.4 is 0 Å². The monoisotopic (exact) mass is 410 g/mol. The van der Waals surface area contributed by atoms with E-state index in [9.17, 15) is 0 Å². The van der Waals surface area contributed by atoms with Crippen molar-refractivity contribution in [3.05, 3.63) is 61.7 Å². The van der Waals surface area contributed by atoms with Gasteiger partial charge in [0.25, 0.3) is 0 Å². The predicted octanol–water partition coefficient (Wildman–Crippen LogP) is 5.83. The molecule has 0 amide bonds. The molecule has 0 bridgehead atoms. The van der Waals surface area contributed by atoms with Crippen LogP contribution in [0.1, 0.15) is 18.5 Å². The fourth-order valence-electron chi connectivity index (χ4n) is 2.38. The van der Waals surface area contributed by atoms with Gasteiger partial charge >= 0.3 is 0 Å². The van der Waals surface area contributed by atoms with Crippen LogP contribution in [0.5, 0.6) is 0 Å². The zero-order valence-corrected chi connectivity index (χ0v) is 14.7. The maximum atomic E-state index is 5.48. The molecular formula is C15H12Br2N2S. The molecule has 3 aromatic rings. The first kappa shape index (κ1) is 14.0. The van der Waals surface area contributed by atoms with Crippen LogP contribution >= 0.6 is 44.1 Å². The number of nitrogens with one attached hydrogen (secondary N) is 1. The lowest BCUT2D eigenvalue weighted by atomic mass is 10.1. The predicted molar refractivity (Wildman–Crippen MR) is 92.8 cm³/mol. The molecule has 0 saturated carbocycles. The summed E-state index contributed by atoms with van der Waals surface area (Å²) in [5, 5.41) is 0. The van der Waals surface area contributed by atoms with Crippen molar-refractivity contribution in [2.24, 2.45) is 0 Å². The van der Waals surface area contributed by atoms with E-state index in [-0.39, 0.29) is 6.04 Å². The molecule has 2 aromatic carbocycles.